The molecule has 0 aromatic carbocycles. The Labute approximate surface area is 110 Å². The summed E-state index contributed by atoms with van der Waals surface area (Å²) < 4.78 is 5.35. The molecule has 1 aliphatic heterocycles. The predicted octanol–water partition coefficient (Wildman–Crippen LogP) is 2.88. The molecule has 3 heteroatoms. The highest BCUT2D eigenvalue weighted by molar-refractivity contribution is 5.08. The van der Waals surface area contributed by atoms with E-state index < -0.39 is 11.5 Å². The minimum atomic E-state index is -0.485. The lowest BCUT2D eigenvalue weighted by atomic mass is 9.63. The van der Waals surface area contributed by atoms with Gasteiger partial charge in [0, 0.05) is 13.2 Å². The Morgan fingerprint density at radius 2 is 2.11 bits per heavy atom. The number of ether oxygens (including phenoxy) is 1. The number of hydrogen-bond donors (Lipinski definition) is 1. The standard InChI is InChI=1S/C15H25NO2/c1-2-12-4-3-7-15(10-12,11-16)14(17)13-5-8-18-9-6-13/h12-14,17H,2-10H2,1H3. The first-order chi connectivity index (χ1) is 8.72. The van der Waals surface area contributed by atoms with Crippen LogP contribution in [0.3, 0.4) is 0 Å². The van der Waals surface area contributed by atoms with Crippen LogP contribution in [0.1, 0.15) is 51.9 Å². The molecule has 0 radical (unpaired) electrons. The highest BCUT2D eigenvalue weighted by Crippen LogP contribution is 2.46. The van der Waals surface area contributed by atoms with Gasteiger partial charge in [-0.05, 0) is 37.5 Å². The summed E-state index contributed by atoms with van der Waals surface area (Å²) in [6, 6.07) is 2.49. The Kier molecular flexibility index (Phi) is 4.64. The highest BCUT2D eigenvalue weighted by Gasteiger charge is 2.45. The van der Waals surface area contributed by atoms with E-state index >= 15 is 0 Å². The maximum absolute atomic E-state index is 10.7. The van der Waals surface area contributed by atoms with Crippen LogP contribution in [-0.2, 0) is 4.74 Å². The zero-order valence-electron chi connectivity index (χ0n) is 11.4. The number of aliphatic hydroxyl groups excluding tert-OH is 1. The Balaban J connectivity index is 2.08. The highest BCUT2D eigenvalue weighted by atomic mass is 16.5. The molecule has 2 fully saturated rings. The third-order valence-electron chi connectivity index (χ3n) is 4.97. The summed E-state index contributed by atoms with van der Waals surface area (Å²) in [7, 11) is 0. The van der Waals surface area contributed by atoms with Gasteiger partial charge in [-0.2, -0.15) is 5.26 Å². The lowest BCUT2D eigenvalue weighted by molar-refractivity contribution is -0.0571. The van der Waals surface area contributed by atoms with E-state index in [1.54, 1.807) is 0 Å². The normalized spacial score (nSPS) is 35.9. The molecule has 1 saturated heterocycles. The van der Waals surface area contributed by atoms with E-state index in [1.165, 1.54) is 6.42 Å². The van der Waals surface area contributed by atoms with Crippen molar-refractivity contribution in [1.82, 2.24) is 0 Å². The molecular weight excluding hydrogens is 226 g/mol. The van der Waals surface area contributed by atoms with Crippen LogP contribution < -0.4 is 0 Å². The summed E-state index contributed by atoms with van der Waals surface area (Å²) in [4.78, 5) is 0. The molecule has 18 heavy (non-hydrogen) atoms. The molecule has 3 nitrogen and oxygen atoms in total. The van der Waals surface area contributed by atoms with Crippen LogP contribution in [0.5, 0.6) is 0 Å². The van der Waals surface area contributed by atoms with Gasteiger partial charge in [0.05, 0.1) is 17.6 Å². The molecule has 102 valence electrons. The largest absolute Gasteiger partial charge is 0.391 e. The van der Waals surface area contributed by atoms with Crippen LogP contribution in [0.2, 0.25) is 0 Å². The first-order valence-electron chi connectivity index (χ1n) is 7.39. The van der Waals surface area contributed by atoms with Crippen LogP contribution >= 0.6 is 0 Å². The Hall–Kier alpha value is -0.590. The number of rotatable bonds is 3. The summed E-state index contributed by atoms with van der Waals surface area (Å²) in [6.07, 6.45) is 6.55. The van der Waals surface area contributed by atoms with Crippen molar-refractivity contribution in [2.75, 3.05) is 13.2 Å². The molecule has 1 saturated carbocycles. The lowest BCUT2D eigenvalue weighted by Gasteiger charge is -2.42. The minimum absolute atomic E-state index is 0.258. The van der Waals surface area contributed by atoms with E-state index in [9.17, 15) is 10.4 Å². The van der Waals surface area contributed by atoms with Gasteiger partial charge < -0.3 is 9.84 Å². The van der Waals surface area contributed by atoms with E-state index in [0.29, 0.717) is 5.92 Å². The van der Waals surface area contributed by atoms with Gasteiger partial charge in [-0.15, -0.1) is 0 Å². The molecule has 1 heterocycles. The second-order valence-electron chi connectivity index (χ2n) is 6.03. The van der Waals surface area contributed by atoms with E-state index in [4.69, 9.17) is 4.74 Å². The second-order valence-corrected chi connectivity index (χ2v) is 6.03. The van der Waals surface area contributed by atoms with Gasteiger partial charge in [-0.3, -0.25) is 0 Å². The van der Waals surface area contributed by atoms with E-state index in [1.807, 2.05) is 0 Å². The summed E-state index contributed by atoms with van der Waals surface area (Å²) in [5.74, 6) is 0.877. The third-order valence-corrected chi connectivity index (χ3v) is 4.97. The monoisotopic (exact) mass is 251 g/mol. The van der Waals surface area contributed by atoms with E-state index in [-0.39, 0.29) is 5.92 Å². The zero-order chi connectivity index (χ0) is 13.0. The molecule has 1 N–H and O–H groups in total. The van der Waals surface area contributed by atoms with Crippen LogP contribution in [-0.4, -0.2) is 24.4 Å². The van der Waals surface area contributed by atoms with Crippen molar-refractivity contribution in [2.45, 2.75) is 58.0 Å². The molecule has 0 amide bonds. The van der Waals surface area contributed by atoms with Crippen molar-refractivity contribution in [3.8, 4) is 6.07 Å². The van der Waals surface area contributed by atoms with Gasteiger partial charge in [-0.1, -0.05) is 26.2 Å². The summed E-state index contributed by atoms with van der Waals surface area (Å²) in [5, 5.41) is 20.3. The van der Waals surface area contributed by atoms with Crippen LogP contribution in [0, 0.1) is 28.6 Å². The van der Waals surface area contributed by atoms with Crippen molar-refractivity contribution < 1.29 is 9.84 Å². The minimum Gasteiger partial charge on any atom is -0.391 e. The van der Waals surface area contributed by atoms with Crippen LogP contribution in [0.15, 0.2) is 0 Å². The molecule has 2 rings (SSSR count). The lowest BCUT2D eigenvalue weighted by Crippen LogP contribution is -2.44. The average Bonchev–Trinajstić information content (AvgIpc) is 2.47. The van der Waals surface area contributed by atoms with Gasteiger partial charge in [0.2, 0.25) is 0 Å². The van der Waals surface area contributed by atoms with E-state index in [2.05, 4.69) is 13.0 Å². The van der Waals surface area contributed by atoms with Crippen molar-refractivity contribution in [1.29, 1.82) is 5.26 Å². The molecular formula is C15H25NO2. The first-order valence-corrected chi connectivity index (χ1v) is 7.39. The van der Waals surface area contributed by atoms with Crippen molar-refractivity contribution in [3.63, 3.8) is 0 Å². The van der Waals surface area contributed by atoms with Crippen molar-refractivity contribution in [3.05, 3.63) is 0 Å². The van der Waals surface area contributed by atoms with Crippen LogP contribution in [0.4, 0.5) is 0 Å². The molecule has 1 aliphatic carbocycles. The molecule has 0 spiro atoms. The quantitative estimate of drug-likeness (QED) is 0.839. The number of nitriles is 1. The maximum atomic E-state index is 10.7. The van der Waals surface area contributed by atoms with Gasteiger partial charge in [-0.25, -0.2) is 0 Å². The summed E-state index contributed by atoms with van der Waals surface area (Å²) in [5.41, 5.74) is -0.485. The van der Waals surface area contributed by atoms with E-state index in [0.717, 1.165) is 51.7 Å². The van der Waals surface area contributed by atoms with Gasteiger partial charge in [0.1, 0.15) is 0 Å². The molecule has 0 bridgehead atoms. The predicted molar refractivity (Wildman–Crippen MR) is 69.8 cm³/mol. The Morgan fingerprint density at radius 3 is 2.72 bits per heavy atom. The van der Waals surface area contributed by atoms with Gasteiger partial charge >= 0.3 is 0 Å². The number of nitrogens with zero attached hydrogens (tertiary/aromatic N) is 1. The molecule has 3 unspecified atom stereocenters. The SMILES string of the molecule is CCC1CCCC(C#N)(C(O)C2CCOCC2)C1. The topological polar surface area (TPSA) is 53.2 Å². The fourth-order valence-electron chi connectivity index (χ4n) is 3.69. The summed E-state index contributed by atoms with van der Waals surface area (Å²) in [6.45, 7) is 3.67. The fraction of sp³-hybridized carbons (Fsp3) is 0.933. The Bertz CT molecular complexity index is 306. The third kappa shape index (κ3) is 2.70. The zero-order valence-corrected chi connectivity index (χ0v) is 11.4. The first kappa shape index (κ1) is 13.8. The molecule has 0 aromatic heterocycles. The Morgan fingerprint density at radius 1 is 1.39 bits per heavy atom. The van der Waals surface area contributed by atoms with Gasteiger partial charge in [0.15, 0.2) is 0 Å². The van der Waals surface area contributed by atoms with Gasteiger partial charge in [0.25, 0.3) is 0 Å². The second kappa shape index (κ2) is 6.04. The fourth-order valence-corrected chi connectivity index (χ4v) is 3.69. The summed E-state index contributed by atoms with van der Waals surface area (Å²) >= 11 is 0. The molecule has 0 aromatic rings. The van der Waals surface area contributed by atoms with Crippen LogP contribution in [0.25, 0.3) is 0 Å². The smallest absolute Gasteiger partial charge is 0.0837 e. The van der Waals surface area contributed by atoms with Crippen molar-refractivity contribution >= 4 is 0 Å². The number of aliphatic hydroxyl groups is 1. The molecule has 3 atom stereocenters. The average molecular weight is 251 g/mol. The molecule has 2 aliphatic rings. The number of hydrogen-bond acceptors (Lipinski definition) is 3. The van der Waals surface area contributed by atoms with Crippen molar-refractivity contribution in [2.24, 2.45) is 17.3 Å². The maximum Gasteiger partial charge on any atom is 0.0837 e.